The zero-order valence-corrected chi connectivity index (χ0v) is 18.9. The second-order valence-electron chi connectivity index (χ2n) is 7.22. The van der Waals surface area contributed by atoms with Gasteiger partial charge < -0.3 is 9.84 Å². The van der Waals surface area contributed by atoms with Crippen molar-refractivity contribution in [3.05, 3.63) is 104 Å². The number of nitro benzene ring substituents is 1. The number of nitrogens with zero attached hydrogens (tertiary/aromatic N) is 2. The summed E-state index contributed by atoms with van der Waals surface area (Å²) in [7, 11) is 1.51. The summed E-state index contributed by atoms with van der Waals surface area (Å²) in [5, 5.41) is 22.1. The van der Waals surface area contributed by atoms with Gasteiger partial charge in [-0.05, 0) is 54.1 Å². The topological polar surface area (TPSA) is 110 Å². The lowest BCUT2D eigenvalue weighted by molar-refractivity contribution is -0.384. The van der Waals surface area contributed by atoms with Crippen molar-refractivity contribution in [2.45, 2.75) is 6.04 Å². The van der Waals surface area contributed by atoms with E-state index in [4.69, 9.17) is 4.74 Å². The minimum atomic E-state index is -0.983. The molecule has 1 saturated heterocycles. The molecule has 33 heavy (non-hydrogen) atoms. The number of hydrogen-bond acceptors (Lipinski definition) is 6. The van der Waals surface area contributed by atoms with Crippen molar-refractivity contribution in [2.24, 2.45) is 0 Å². The number of amides is 1. The number of ketones is 1. The van der Waals surface area contributed by atoms with Gasteiger partial charge in [0.2, 0.25) is 0 Å². The first kappa shape index (κ1) is 22.2. The molecule has 9 heteroatoms. The third-order valence-electron chi connectivity index (χ3n) is 5.33. The first-order chi connectivity index (χ1) is 15.8. The Morgan fingerprint density at radius 2 is 1.61 bits per heavy atom. The Hall–Kier alpha value is -3.98. The molecule has 0 saturated carbocycles. The van der Waals surface area contributed by atoms with E-state index in [0.717, 1.165) is 4.47 Å². The Morgan fingerprint density at radius 3 is 2.15 bits per heavy atom. The molecule has 1 fully saturated rings. The summed E-state index contributed by atoms with van der Waals surface area (Å²) in [4.78, 5) is 38.0. The largest absolute Gasteiger partial charge is 0.507 e. The van der Waals surface area contributed by atoms with Crippen LogP contribution in [0.4, 0.5) is 11.4 Å². The maximum Gasteiger partial charge on any atom is 0.300 e. The molecule has 0 bridgehead atoms. The zero-order chi connectivity index (χ0) is 23.7. The number of nitro groups is 1. The van der Waals surface area contributed by atoms with E-state index in [1.165, 1.54) is 36.3 Å². The van der Waals surface area contributed by atoms with Crippen molar-refractivity contribution in [3.8, 4) is 5.75 Å². The Kier molecular flexibility index (Phi) is 5.97. The highest BCUT2D eigenvalue weighted by Gasteiger charge is 2.47. The van der Waals surface area contributed by atoms with Crippen LogP contribution in [0.25, 0.3) is 5.76 Å². The monoisotopic (exact) mass is 508 g/mol. The van der Waals surface area contributed by atoms with Crippen molar-refractivity contribution in [2.75, 3.05) is 12.0 Å². The van der Waals surface area contributed by atoms with E-state index in [-0.39, 0.29) is 17.0 Å². The summed E-state index contributed by atoms with van der Waals surface area (Å²) >= 11 is 3.33. The van der Waals surface area contributed by atoms with Crippen molar-refractivity contribution in [3.63, 3.8) is 0 Å². The predicted molar refractivity (Wildman–Crippen MR) is 125 cm³/mol. The van der Waals surface area contributed by atoms with Crippen LogP contribution in [-0.2, 0) is 9.59 Å². The predicted octanol–water partition coefficient (Wildman–Crippen LogP) is 4.99. The molecule has 1 atom stereocenters. The van der Waals surface area contributed by atoms with Crippen LogP contribution < -0.4 is 9.64 Å². The summed E-state index contributed by atoms with van der Waals surface area (Å²) in [6.45, 7) is 0. The molecule has 0 spiro atoms. The molecule has 1 heterocycles. The first-order valence-corrected chi connectivity index (χ1v) is 10.6. The number of aliphatic hydroxyl groups excluding tert-OH is 1. The van der Waals surface area contributed by atoms with Gasteiger partial charge >= 0.3 is 0 Å². The molecular weight excluding hydrogens is 492 g/mol. The summed E-state index contributed by atoms with van der Waals surface area (Å²) in [5.41, 5.74) is 0.975. The lowest BCUT2D eigenvalue weighted by Gasteiger charge is -2.25. The van der Waals surface area contributed by atoms with Gasteiger partial charge in [-0.25, -0.2) is 0 Å². The van der Waals surface area contributed by atoms with E-state index in [1.807, 2.05) is 0 Å². The van der Waals surface area contributed by atoms with E-state index in [2.05, 4.69) is 15.9 Å². The number of rotatable bonds is 5. The number of benzene rings is 3. The molecule has 4 rings (SSSR count). The van der Waals surface area contributed by atoms with Crippen LogP contribution in [0.5, 0.6) is 5.75 Å². The lowest BCUT2D eigenvalue weighted by Crippen LogP contribution is -2.29. The molecular formula is C24H17BrN2O6. The van der Waals surface area contributed by atoms with Crippen molar-refractivity contribution < 1.29 is 24.4 Å². The van der Waals surface area contributed by atoms with E-state index in [1.54, 1.807) is 48.5 Å². The van der Waals surface area contributed by atoms with Crippen LogP contribution in [-0.4, -0.2) is 28.8 Å². The van der Waals surface area contributed by atoms with Gasteiger partial charge in [0.15, 0.2) is 0 Å². The van der Waals surface area contributed by atoms with Crippen LogP contribution >= 0.6 is 15.9 Å². The molecule has 1 amide bonds. The van der Waals surface area contributed by atoms with Gasteiger partial charge in [0, 0.05) is 27.9 Å². The number of carbonyl (C=O) groups is 2. The quantitative estimate of drug-likeness (QED) is 0.171. The third kappa shape index (κ3) is 4.10. The number of anilines is 1. The molecule has 0 aromatic heterocycles. The Balaban J connectivity index is 1.91. The smallest absolute Gasteiger partial charge is 0.300 e. The van der Waals surface area contributed by atoms with Crippen LogP contribution in [0.2, 0.25) is 0 Å². The van der Waals surface area contributed by atoms with E-state index < -0.39 is 22.7 Å². The molecule has 0 aliphatic carbocycles. The molecule has 3 aromatic rings. The number of ether oxygens (including phenoxy) is 1. The molecule has 0 radical (unpaired) electrons. The molecule has 1 unspecified atom stereocenters. The van der Waals surface area contributed by atoms with Gasteiger partial charge in [-0.1, -0.05) is 28.1 Å². The third-order valence-corrected chi connectivity index (χ3v) is 5.86. The highest BCUT2D eigenvalue weighted by atomic mass is 79.9. The fraction of sp³-hybridized carbons (Fsp3) is 0.0833. The number of halogens is 1. The first-order valence-electron chi connectivity index (χ1n) is 9.77. The number of non-ortho nitro benzene ring substituents is 1. The minimum Gasteiger partial charge on any atom is -0.507 e. The van der Waals surface area contributed by atoms with Gasteiger partial charge in [-0.3, -0.25) is 24.6 Å². The highest BCUT2D eigenvalue weighted by molar-refractivity contribution is 9.10. The molecule has 166 valence electrons. The normalized spacial score (nSPS) is 17.3. The number of hydrogen-bond donors (Lipinski definition) is 1. The summed E-state index contributed by atoms with van der Waals surface area (Å²) in [6, 6.07) is 17.7. The van der Waals surface area contributed by atoms with Crippen LogP contribution in [0.3, 0.4) is 0 Å². The van der Waals surface area contributed by atoms with Crippen LogP contribution in [0.15, 0.2) is 82.8 Å². The summed E-state index contributed by atoms with van der Waals surface area (Å²) in [6.07, 6.45) is 0. The van der Waals surface area contributed by atoms with Crippen molar-refractivity contribution in [1.29, 1.82) is 0 Å². The molecule has 3 aromatic carbocycles. The lowest BCUT2D eigenvalue weighted by atomic mass is 9.95. The van der Waals surface area contributed by atoms with Crippen molar-refractivity contribution in [1.82, 2.24) is 0 Å². The number of methoxy groups -OCH3 is 1. The standard InChI is InChI=1S/C24H17BrN2O6/c1-33-19-12-10-17(11-13-19)26-21(14-4-8-18(9-5-14)27(31)32)20(23(29)24(26)30)22(28)15-2-6-16(25)7-3-15/h2-13,21,28H,1H3/b22-20-. The van der Waals surface area contributed by atoms with Gasteiger partial charge in [0.1, 0.15) is 11.5 Å². The fourth-order valence-electron chi connectivity index (χ4n) is 3.70. The maximum atomic E-state index is 13.1. The van der Waals surface area contributed by atoms with E-state index >= 15 is 0 Å². The second-order valence-corrected chi connectivity index (χ2v) is 8.14. The van der Waals surface area contributed by atoms with Gasteiger partial charge in [-0.2, -0.15) is 0 Å². The Bertz CT molecular complexity index is 1270. The SMILES string of the molecule is COc1ccc(N2C(=O)C(=O)/C(=C(\O)c3ccc(Br)cc3)C2c2ccc([N+](=O)[O-])cc2)cc1. The maximum absolute atomic E-state index is 13.1. The fourth-order valence-corrected chi connectivity index (χ4v) is 3.96. The van der Waals surface area contributed by atoms with Crippen LogP contribution in [0.1, 0.15) is 17.2 Å². The van der Waals surface area contributed by atoms with Gasteiger partial charge in [-0.15, -0.1) is 0 Å². The summed E-state index contributed by atoms with van der Waals surface area (Å²) in [5.74, 6) is -1.44. The number of Topliss-reactive ketones (excluding diaryl/α,β-unsaturated/α-hetero) is 1. The molecule has 1 aliphatic rings. The zero-order valence-electron chi connectivity index (χ0n) is 17.3. The van der Waals surface area contributed by atoms with Crippen LogP contribution in [0, 0.1) is 10.1 Å². The number of aliphatic hydroxyl groups is 1. The molecule has 1 N–H and O–H groups in total. The van der Waals surface area contributed by atoms with E-state index in [9.17, 15) is 24.8 Å². The van der Waals surface area contributed by atoms with Crippen molar-refractivity contribution >= 4 is 44.8 Å². The average Bonchev–Trinajstić information content (AvgIpc) is 3.09. The number of carbonyl (C=O) groups excluding carboxylic acids is 2. The average molecular weight is 509 g/mol. The second kappa shape index (κ2) is 8.87. The summed E-state index contributed by atoms with van der Waals surface area (Å²) < 4.78 is 5.95. The van der Waals surface area contributed by atoms with Gasteiger partial charge in [0.05, 0.1) is 23.6 Å². The Labute approximate surface area is 197 Å². The molecule has 8 nitrogen and oxygen atoms in total. The van der Waals surface area contributed by atoms with Gasteiger partial charge in [0.25, 0.3) is 17.4 Å². The highest BCUT2D eigenvalue weighted by Crippen LogP contribution is 2.42. The Morgan fingerprint density at radius 1 is 1.00 bits per heavy atom. The minimum absolute atomic E-state index is 0.105. The van der Waals surface area contributed by atoms with E-state index in [0.29, 0.717) is 22.6 Å². The molecule has 1 aliphatic heterocycles.